The Morgan fingerprint density at radius 3 is 2.44 bits per heavy atom. The van der Waals surface area contributed by atoms with E-state index in [1.54, 1.807) is 4.90 Å². The summed E-state index contributed by atoms with van der Waals surface area (Å²) in [7, 11) is 0. The van der Waals surface area contributed by atoms with E-state index in [4.69, 9.17) is 10.8 Å². The van der Waals surface area contributed by atoms with Crippen LogP contribution in [0.4, 0.5) is 0 Å². The number of carboxylic acids is 1. The van der Waals surface area contributed by atoms with Crippen LogP contribution in [0.25, 0.3) is 0 Å². The Balaban J connectivity index is 4.10. The second-order valence-corrected chi connectivity index (χ2v) is 3.81. The molecule has 0 aliphatic rings. The van der Waals surface area contributed by atoms with E-state index in [0.29, 0.717) is 13.1 Å². The SMILES string of the molecule is CCCCN(CC)C(=O)C(N)CCC(=O)O. The topological polar surface area (TPSA) is 83.6 Å². The van der Waals surface area contributed by atoms with E-state index in [2.05, 4.69) is 6.92 Å². The molecule has 0 saturated heterocycles. The molecule has 16 heavy (non-hydrogen) atoms. The third-order valence-electron chi connectivity index (χ3n) is 2.46. The maximum Gasteiger partial charge on any atom is 0.303 e. The lowest BCUT2D eigenvalue weighted by Crippen LogP contribution is -2.44. The average Bonchev–Trinajstić information content (AvgIpc) is 2.26. The fourth-order valence-electron chi connectivity index (χ4n) is 1.41. The predicted molar refractivity (Wildman–Crippen MR) is 62.0 cm³/mol. The minimum atomic E-state index is -0.917. The van der Waals surface area contributed by atoms with Gasteiger partial charge in [0, 0.05) is 19.5 Å². The Kier molecular flexibility index (Phi) is 7.54. The number of rotatable bonds is 8. The Morgan fingerprint density at radius 2 is 2.00 bits per heavy atom. The van der Waals surface area contributed by atoms with Crippen LogP contribution in [0.3, 0.4) is 0 Å². The van der Waals surface area contributed by atoms with Crippen molar-refractivity contribution in [2.24, 2.45) is 5.73 Å². The summed E-state index contributed by atoms with van der Waals surface area (Å²) in [4.78, 5) is 23.8. The van der Waals surface area contributed by atoms with Crippen LogP contribution in [0.2, 0.25) is 0 Å². The third-order valence-corrected chi connectivity index (χ3v) is 2.46. The first-order valence-electron chi connectivity index (χ1n) is 5.79. The van der Waals surface area contributed by atoms with Crippen molar-refractivity contribution in [3.05, 3.63) is 0 Å². The van der Waals surface area contributed by atoms with Crippen LogP contribution in [0.5, 0.6) is 0 Å². The van der Waals surface area contributed by atoms with Crippen molar-refractivity contribution in [3.63, 3.8) is 0 Å². The molecule has 0 aliphatic heterocycles. The minimum absolute atomic E-state index is 0.0573. The van der Waals surface area contributed by atoms with Crippen molar-refractivity contribution in [2.75, 3.05) is 13.1 Å². The highest BCUT2D eigenvalue weighted by Crippen LogP contribution is 2.02. The molecule has 0 rings (SSSR count). The fraction of sp³-hybridized carbons (Fsp3) is 0.818. The lowest BCUT2D eigenvalue weighted by molar-refractivity contribution is -0.137. The molecule has 0 spiro atoms. The Bertz CT molecular complexity index is 231. The van der Waals surface area contributed by atoms with E-state index in [1.165, 1.54) is 0 Å². The molecule has 5 heteroatoms. The van der Waals surface area contributed by atoms with Crippen LogP contribution >= 0.6 is 0 Å². The van der Waals surface area contributed by atoms with Gasteiger partial charge in [0.15, 0.2) is 0 Å². The molecule has 0 aromatic rings. The summed E-state index contributed by atoms with van der Waals surface area (Å²) in [5.74, 6) is -1.06. The van der Waals surface area contributed by atoms with E-state index >= 15 is 0 Å². The fourth-order valence-corrected chi connectivity index (χ4v) is 1.41. The molecule has 0 aromatic heterocycles. The van der Waals surface area contributed by atoms with Crippen LogP contribution in [-0.2, 0) is 9.59 Å². The van der Waals surface area contributed by atoms with Gasteiger partial charge in [-0.1, -0.05) is 13.3 Å². The van der Waals surface area contributed by atoms with Gasteiger partial charge in [0.1, 0.15) is 0 Å². The number of nitrogens with two attached hydrogens (primary N) is 1. The quantitative estimate of drug-likeness (QED) is 0.647. The molecule has 0 aliphatic carbocycles. The largest absolute Gasteiger partial charge is 0.481 e. The molecular formula is C11H22N2O3. The van der Waals surface area contributed by atoms with Crippen molar-refractivity contribution in [3.8, 4) is 0 Å². The number of amides is 1. The van der Waals surface area contributed by atoms with Gasteiger partial charge < -0.3 is 15.7 Å². The molecule has 0 radical (unpaired) electrons. The lowest BCUT2D eigenvalue weighted by Gasteiger charge is -2.23. The van der Waals surface area contributed by atoms with Gasteiger partial charge in [0.25, 0.3) is 0 Å². The van der Waals surface area contributed by atoms with Crippen molar-refractivity contribution < 1.29 is 14.7 Å². The van der Waals surface area contributed by atoms with Crippen molar-refractivity contribution >= 4 is 11.9 Å². The second kappa shape index (κ2) is 8.10. The zero-order chi connectivity index (χ0) is 12.6. The van der Waals surface area contributed by atoms with Crippen LogP contribution in [0, 0.1) is 0 Å². The van der Waals surface area contributed by atoms with Gasteiger partial charge in [0.2, 0.25) is 5.91 Å². The van der Waals surface area contributed by atoms with Gasteiger partial charge >= 0.3 is 5.97 Å². The molecule has 0 bridgehead atoms. The number of hydrogen-bond donors (Lipinski definition) is 2. The number of hydrogen-bond acceptors (Lipinski definition) is 3. The van der Waals surface area contributed by atoms with Crippen LogP contribution < -0.4 is 5.73 Å². The first kappa shape index (κ1) is 14.9. The zero-order valence-corrected chi connectivity index (χ0v) is 10.1. The molecule has 5 nitrogen and oxygen atoms in total. The smallest absolute Gasteiger partial charge is 0.303 e. The Hall–Kier alpha value is -1.10. The number of aliphatic carboxylic acids is 1. The van der Waals surface area contributed by atoms with Gasteiger partial charge in [-0.15, -0.1) is 0 Å². The molecular weight excluding hydrogens is 208 g/mol. The van der Waals surface area contributed by atoms with Crippen LogP contribution in [0.15, 0.2) is 0 Å². The summed E-state index contributed by atoms with van der Waals surface area (Å²) in [6, 6.07) is -0.687. The van der Waals surface area contributed by atoms with E-state index in [1.807, 2.05) is 6.92 Å². The summed E-state index contributed by atoms with van der Waals surface area (Å²) >= 11 is 0. The van der Waals surface area contributed by atoms with E-state index in [9.17, 15) is 9.59 Å². The van der Waals surface area contributed by atoms with Crippen molar-refractivity contribution in [1.82, 2.24) is 4.90 Å². The molecule has 0 saturated carbocycles. The zero-order valence-electron chi connectivity index (χ0n) is 10.1. The third kappa shape index (κ3) is 5.70. The van der Waals surface area contributed by atoms with Gasteiger partial charge in [0.05, 0.1) is 6.04 Å². The molecule has 94 valence electrons. The molecule has 0 heterocycles. The summed E-state index contributed by atoms with van der Waals surface area (Å²) in [6.45, 7) is 5.28. The summed E-state index contributed by atoms with van der Waals surface area (Å²) in [5.41, 5.74) is 5.66. The van der Waals surface area contributed by atoms with Gasteiger partial charge in [-0.05, 0) is 19.8 Å². The highest BCUT2D eigenvalue weighted by molar-refractivity contribution is 5.82. The van der Waals surface area contributed by atoms with E-state index in [-0.39, 0.29) is 18.7 Å². The molecule has 1 unspecified atom stereocenters. The van der Waals surface area contributed by atoms with Crippen molar-refractivity contribution in [2.45, 2.75) is 45.6 Å². The van der Waals surface area contributed by atoms with Gasteiger partial charge in [-0.25, -0.2) is 0 Å². The highest BCUT2D eigenvalue weighted by Gasteiger charge is 2.19. The lowest BCUT2D eigenvalue weighted by atomic mass is 10.1. The van der Waals surface area contributed by atoms with Gasteiger partial charge in [-0.2, -0.15) is 0 Å². The second-order valence-electron chi connectivity index (χ2n) is 3.81. The normalized spacial score (nSPS) is 12.2. The summed E-state index contributed by atoms with van der Waals surface area (Å²) < 4.78 is 0. The molecule has 1 atom stereocenters. The summed E-state index contributed by atoms with van der Waals surface area (Å²) in [6.07, 6.45) is 2.12. The first-order valence-corrected chi connectivity index (χ1v) is 5.79. The highest BCUT2D eigenvalue weighted by atomic mass is 16.4. The molecule has 0 aromatic carbocycles. The molecule has 3 N–H and O–H groups in total. The number of carboxylic acid groups (broad SMARTS) is 1. The standard InChI is InChI=1S/C11H22N2O3/c1-3-5-8-13(4-2)11(16)9(12)6-7-10(14)15/h9H,3-8,12H2,1-2H3,(H,14,15). The van der Waals surface area contributed by atoms with Crippen molar-refractivity contribution in [1.29, 1.82) is 0 Å². The van der Waals surface area contributed by atoms with Crippen LogP contribution in [-0.4, -0.2) is 41.0 Å². The summed E-state index contributed by atoms with van der Waals surface area (Å²) in [5, 5.41) is 8.50. The monoisotopic (exact) mass is 230 g/mol. The van der Waals surface area contributed by atoms with E-state index < -0.39 is 12.0 Å². The number of likely N-dealkylation sites (N-methyl/N-ethyl adjacent to an activating group) is 1. The molecule has 0 fully saturated rings. The number of carbonyl (C=O) groups excluding carboxylic acids is 1. The number of carbonyl (C=O) groups is 2. The Labute approximate surface area is 96.6 Å². The first-order chi connectivity index (χ1) is 7.52. The number of nitrogens with zero attached hydrogens (tertiary/aromatic N) is 1. The minimum Gasteiger partial charge on any atom is -0.481 e. The Morgan fingerprint density at radius 1 is 1.38 bits per heavy atom. The van der Waals surface area contributed by atoms with E-state index in [0.717, 1.165) is 12.8 Å². The maximum atomic E-state index is 11.8. The maximum absolute atomic E-state index is 11.8. The van der Waals surface area contributed by atoms with Crippen LogP contribution in [0.1, 0.15) is 39.5 Å². The average molecular weight is 230 g/mol. The number of unbranched alkanes of at least 4 members (excludes halogenated alkanes) is 1. The predicted octanol–water partition coefficient (Wildman–Crippen LogP) is 0.827. The van der Waals surface area contributed by atoms with Gasteiger partial charge in [-0.3, -0.25) is 9.59 Å². The molecule has 1 amide bonds.